The molecule has 9 heteroatoms. The van der Waals surface area contributed by atoms with Crippen LogP contribution in [0.25, 0.3) is 10.2 Å². The van der Waals surface area contributed by atoms with Crippen LogP contribution in [0, 0.1) is 0 Å². The predicted molar refractivity (Wildman–Crippen MR) is 123 cm³/mol. The normalized spacial score (nSPS) is 10.9. The fourth-order valence-electron chi connectivity index (χ4n) is 3.23. The first kappa shape index (κ1) is 21.1. The minimum atomic E-state index is -0.137. The molecule has 0 N–H and O–H groups in total. The van der Waals surface area contributed by atoms with Crippen LogP contribution in [-0.2, 0) is 6.54 Å². The number of carbonyl (C=O) groups excluding carboxylic acids is 1. The van der Waals surface area contributed by atoms with Crippen molar-refractivity contribution in [3.63, 3.8) is 0 Å². The summed E-state index contributed by atoms with van der Waals surface area (Å²) in [6, 6.07) is 10.6. The van der Waals surface area contributed by atoms with Crippen LogP contribution < -0.4 is 14.4 Å². The second kappa shape index (κ2) is 9.36. The third-order valence-corrected chi connectivity index (χ3v) is 6.38. The molecule has 0 saturated heterocycles. The molecule has 2 aromatic carbocycles. The number of aromatic nitrogens is 3. The van der Waals surface area contributed by atoms with Crippen molar-refractivity contribution in [1.82, 2.24) is 14.5 Å². The largest absolute Gasteiger partial charge is 0.497 e. The van der Waals surface area contributed by atoms with Gasteiger partial charge in [-0.15, -0.1) is 0 Å². The predicted octanol–water partition coefficient (Wildman–Crippen LogP) is 4.90. The number of anilines is 1. The standard InChI is InChI=1S/C22H21ClN4O3S/c1-29-16-6-4-15(5-7-16)21(28)27(12-3-11-26-13-10-24-14-26)22-25-19-18(30-2)9-8-17(23)20(19)31-22/h4-10,13-14H,3,11-12H2,1-2H3. The Hall–Kier alpha value is -3.10. The summed E-state index contributed by atoms with van der Waals surface area (Å²) >= 11 is 7.77. The zero-order valence-corrected chi connectivity index (χ0v) is 18.7. The number of carbonyl (C=O) groups is 1. The van der Waals surface area contributed by atoms with Crippen molar-refractivity contribution in [2.24, 2.45) is 0 Å². The van der Waals surface area contributed by atoms with Gasteiger partial charge in [0.2, 0.25) is 0 Å². The SMILES string of the molecule is COc1ccc(C(=O)N(CCCn2ccnc2)c2nc3c(OC)ccc(Cl)c3s2)cc1. The van der Waals surface area contributed by atoms with Gasteiger partial charge in [0.1, 0.15) is 17.0 Å². The number of hydrogen-bond donors (Lipinski definition) is 0. The summed E-state index contributed by atoms with van der Waals surface area (Å²) in [5, 5.41) is 1.16. The molecule has 0 atom stereocenters. The Kier molecular flexibility index (Phi) is 6.39. The van der Waals surface area contributed by atoms with E-state index in [1.807, 2.05) is 10.8 Å². The van der Waals surface area contributed by atoms with E-state index in [1.165, 1.54) is 11.3 Å². The maximum atomic E-state index is 13.4. The Labute approximate surface area is 188 Å². The molecule has 0 fully saturated rings. The Bertz CT molecular complexity index is 1180. The number of nitrogens with zero attached hydrogens (tertiary/aromatic N) is 4. The highest BCUT2D eigenvalue weighted by atomic mass is 35.5. The summed E-state index contributed by atoms with van der Waals surface area (Å²) in [6.45, 7) is 1.23. The van der Waals surface area contributed by atoms with E-state index >= 15 is 0 Å². The molecular formula is C22H21ClN4O3S. The molecule has 0 bridgehead atoms. The second-order valence-corrected chi connectivity index (χ2v) is 8.15. The van der Waals surface area contributed by atoms with Crippen LogP contribution in [0.3, 0.4) is 0 Å². The lowest BCUT2D eigenvalue weighted by Crippen LogP contribution is -2.32. The highest BCUT2D eigenvalue weighted by Gasteiger charge is 2.23. The zero-order chi connectivity index (χ0) is 21.8. The fraction of sp³-hybridized carbons (Fsp3) is 0.227. The first-order valence-corrected chi connectivity index (χ1v) is 10.8. The van der Waals surface area contributed by atoms with Gasteiger partial charge in [-0.1, -0.05) is 22.9 Å². The van der Waals surface area contributed by atoms with E-state index in [0.29, 0.717) is 39.3 Å². The van der Waals surface area contributed by atoms with Gasteiger partial charge in [-0.05, 0) is 42.8 Å². The number of methoxy groups -OCH3 is 2. The van der Waals surface area contributed by atoms with Gasteiger partial charge in [-0.3, -0.25) is 9.69 Å². The molecule has 0 spiro atoms. The lowest BCUT2D eigenvalue weighted by Gasteiger charge is -2.20. The highest BCUT2D eigenvalue weighted by Crippen LogP contribution is 2.39. The van der Waals surface area contributed by atoms with E-state index in [0.717, 1.165) is 17.7 Å². The topological polar surface area (TPSA) is 69.5 Å². The van der Waals surface area contributed by atoms with Gasteiger partial charge in [0.05, 0.1) is 30.3 Å². The first-order valence-electron chi connectivity index (χ1n) is 9.65. The third kappa shape index (κ3) is 4.50. The van der Waals surface area contributed by atoms with E-state index < -0.39 is 0 Å². The number of imidazole rings is 1. The molecular weight excluding hydrogens is 436 g/mol. The number of amides is 1. The summed E-state index contributed by atoms with van der Waals surface area (Å²) < 4.78 is 13.4. The van der Waals surface area contributed by atoms with E-state index in [9.17, 15) is 4.79 Å². The molecule has 4 aromatic rings. The lowest BCUT2D eigenvalue weighted by atomic mass is 10.2. The molecule has 0 aliphatic heterocycles. The van der Waals surface area contributed by atoms with Gasteiger partial charge >= 0.3 is 0 Å². The van der Waals surface area contributed by atoms with Gasteiger partial charge < -0.3 is 14.0 Å². The maximum absolute atomic E-state index is 13.4. The molecule has 2 aromatic heterocycles. The molecule has 0 aliphatic carbocycles. The average molecular weight is 457 g/mol. The molecule has 0 aliphatic rings. The van der Waals surface area contributed by atoms with Crippen molar-refractivity contribution < 1.29 is 14.3 Å². The van der Waals surface area contributed by atoms with Crippen LogP contribution in [0.2, 0.25) is 5.02 Å². The number of thiazole rings is 1. The number of ether oxygens (including phenoxy) is 2. The van der Waals surface area contributed by atoms with Crippen LogP contribution in [0.1, 0.15) is 16.8 Å². The number of hydrogen-bond acceptors (Lipinski definition) is 6. The number of fused-ring (bicyclic) bond motifs is 1. The van der Waals surface area contributed by atoms with Crippen LogP contribution >= 0.6 is 22.9 Å². The minimum Gasteiger partial charge on any atom is -0.497 e. The van der Waals surface area contributed by atoms with Crippen LogP contribution in [-0.4, -0.2) is 41.2 Å². The summed E-state index contributed by atoms with van der Waals surface area (Å²) in [6.07, 6.45) is 6.14. The number of aryl methyl sites for hydroxylation is 1. The second-order valence-electron chi connectivity index (χ2n) is 6.76. The van der Waals surface area contributed by atoms with Crippen molar-refractivity contribution in [3.8, 4) is 11.5 Å². The number of benzene rings is 2. The van der Waals surface area contributed by atoms with Gasteiger partial charge in [0, 0.05) is 31.0 Å². The first-order chi connectivity index (χ1) is 15.1. The maximum Gasteiger partial charge on any atom is 0.260 e. The van der Waals surface area contributed by atoms with E-state index in [2.05, 4.69) is 4.98 Å². The van der Waals surface area contributed by atoms with E-state index in [1.54, 1.807) is 68.0 Å². The number of halogens is 1. The van der Waals surface area contributed by atoms with Gasteiger partial charge in [0.25, 0.3) is 5.91 Å². The summed E-state index contributed by atoms with van der Waals surface area (Å²) in [4.78, 5) is 23.9. The van der Waals surface area contributed by atoms with Crippen molar-refractivity contribution in [3.05, 3.63) is 65.7 Å². The van der Waals surface area contributed by atoms with Crippen LogP contribution in [0.4, 0.5) is 5.13 Å². The van der Waals surface area contributed by atoms with Crippen molar-refractivity contribution in [1.29, 1.82) is 0 Å². The molecule has 2 heterocycles. The fourth-order valence-corrected chi connectivity index (χ4v) is 4.51. The van der Waals surface area contributed by atoms with Gasteiger partial charge in [-0.25, -0.2) is 9.97 Å². The third-order valence-electron chi connectivity index (χ3n) is 4.84. The molecule has 0 radical (unpaired) electrons. The van der Waals surface area contributed by atoms with Crippen molar-refractivity contribution in [2.75, 3.05) is 25.7 Å². The molecule has 4 rings (SSSR count). The Balaban J connectivity index is 1.67. The quantitative estimate of drug-likeness (QED) is 0.377. The van der Waals surface area contributed by atoms with Gasteiger partial charge in [-0.2, -0.15) is 0 Å². The molecule has 160 valence electrons. The minimum absolute atomic E-state index is 0.137. The van der Waals surface area contributed by atoms with E-state index in [4.69, 9.17) is 26.1 Å². The van der Waals surface area contributed by atoms with Gasteiger partial charge in [0.15, 0.2) is 5.13 Å². The van der Waals surface area contributed by atoms with E-state index in [-0.39, 0.29) is 5.91 Å². The smallest absolute Gasteiger partial charge is 0.260 e. The van der Waals surface area contributed by atoms with Crippen LogP contribution in [0.15, 0.2) is 55.1 Å². The molecule has 31 heavy (non-hydrogen) atoms. The monoisotopic (exact) mass is 456 g/mol. The Morgan fingerprint density at radius 1 is 1.16 bits per heavy atom. The zero-order valence-electron chi connectivity index (χ0n) is 17.1. The molecule has 0 saturated carbocycles. The lowest BCUT2D eigenvalue weighted by molar-refractivity contribution is 0.0986. The summed E-state index contributed by atoms with van der Waals surface area (Å²) in [7, 11) is 3.19. The average Bonchev–Trinajstić information content (AvgIpc) is 3.47. The Morgan fingerprint density at radius 2 is 1.97 bits per heavy atom. The molecule has 7 nitrogen and oxygen atoms in total. The van der Waals surface area contributed by atoms with Crippen molar-refractivity contribution in [2.45, 2.75) is 13.0 Å². The van der Waals surface area contributed by atoms with Crippen LogP contribution in [0.5, 0.6) is 11.5 Å². The summed E-state index contributed by atoms with van der Waals surface area (Å²) in [5.74, 6) is 1.18. The Morgan fingerprint density at radius 3 is 2.65 bits per heavy atom. The highest BCUT2D eigenvalue weighted by molar-refractivity contribution is 7.23. The molecule has 1 amide bonds. The number of rotatable bonds is 8. The van der Waals surface area contributed by atoms with Crippen molar-refractivity contribution >= 4 is 44.2 Å². The summed E-state index contributed by atoms with van der Waals surface area (Å²) in [5.41, 5.74) is 1.21. The molecule has 0 unspecified atom stereocenters.